The summed E-state index contributed by atoms with van der Waals surface area (Å²) in [5, 5.41) is 0. The van der Waals surface area contributed by atoms with Gasteiger partial charge >= 0.3 is 0 Å². The molecule has 0 aliphatic heterocycles. The average molecular weight is 121 g/mol. The van der Waals surface area contributed by atoms with E-state index in [4.69, 9.17) is 0 Å². The van der Waals surface area contributed by atoms with Gasteiger partial charge in [0.05, 0.1) is 0 Å². The monoisotopic (exact) mass is 121 g/mol. The SMILES string of the molecule is C[Si](C)(C)[PH]=O. The first-order chi connectivity index (χ1) is 2.56. The van der Waals surface area contributed by atoms with Crippen LogP contribution in [0.15, 0.2) is 0 Å². The lowest BCUT2D eigenvalue weighted by Gasteiger charge is -1.99. The minimum absolute atomic E-state index is 0.0440. The molecule has 0 heterocycles. The van der Waals surface area contributed by atoms with E-state index in [2.05, 4.69) is 19.6 Å². The zero-order valence-electron chi connectivity index (χ0n) is 4.41. The molecular weight excluding hydrogens is 111 g/mol. The molecule has 37 valence electrons. The summed E-state index contributed by atoms with van der Waals surface area (Å²) >= 11 is 0. The number of rotatable bonds is 1. The maximum atomic E-state index is 10.0. The van der Waals surface area contributed by atoms with E-state index in [0.29, 0.717) is 0 Å². The molecule has 0 fully saturated rings. The molecule has 0 aromatic carbocycles. The third-order valence-corrected chi connectivity index (χ3v) is 2.76. The normalized spacial score (nSPS) is 12.5. The fourth-order valence-electron chi connectivity index (χ4n) is 0. The second-order valence-corrected chi connectivity index (χ2v) is 12.2. The van der Waals surface area contributed by atoms with E-state index in [1.54, 1.807) is 0 Å². The van der Waals surface area contributed by atoms with E-state index >= 15 is 0 Å². The fourth-order valence-corrected chi connectivity index (χ4v) is 0. The van der Waals surface area contributed by atoms with Crippen LogP contribution >= 0.6 is 8.01 Å². The second-order valence-electron chi connectivity index (χ2n) is 2.35. The summed E-state index contributed by atoms with van der Waals surface area (Å²) in [5.74, 6) is 0. The first-order valence-corrected chi connectivity index (χ1v) is 7.36. The molecule has 0 amide bonds. The Kier molecular flexibility index (Phi) is 1.95. The Hall–Kier alpha value is 0.317. The summed E-state index contributed by atoms with van der Waals surface area (Å²) in [6.07, 6.45) is 0. The highest BCUT2D eigenvalue weighted by atomic mass is 31.3. The summed E-state index contributed by atoms with van der Waals surface area (Å²) in [6, 6.07) is 0. The molecule has 0 aromatic rings. The van der Waals surface area contributed by atoms with Gasteiger partial charge in [-0.15, -0.1) is 0 Å². The van der Waals surface area contributed by atoms with Crippen LogP contribution in [0.1, 0.15) is 0 Å². The van der Waals surface area contributed by atoms with Gasteiger partial charge in [-0.05, 0) is 0 Å². The van der Waals surface area contributed by atoms with Crippen molar-refractivity contribution in [1.29, 1.82) is 0 Å². The Labute approximate surface area is 40.8 Å². The summed E-state index contributed by atoms with van der Waals surface area (Å²) in [7, 11) is -1.20. The minimum Gasteiger partial charge on any atom is -0.297 e. The molecule has 0 aliphatic rings. The van der Waals surface area contributed by atoms with Gasteiger partial charge in [0.2, 0.25) is 0 Å². The lowest BCUT2D eigenvalue weighted by molar-refractivity contribution is 0.604. The maximum Gasteiger partial charge on any atom is 0.138 e. The van der Waals surface area contributed by atoms with Crippen LogP contribution in [0.3, 0.4) is 0 Å². The van der Waals surface area contributed by atoms with Gasteiger partial charge in [0.25, 0.3) is 0 Å². The maximum absolute atomic E-state index is 10.0. The van der Waals surface area contributed by atoms with Crippen LogP contribution in [0.4, 0.5) is 0 Å². The molecule has 3 heteroatoms. The largest absolute Gasteiger partial charge is 0.297 e. The van der Waals surface area contributed by atoms with Gasteiger partial charge < -0.3 is 0 Å². The highest BCUT2D eigenvalue weighted by molar-refractivity contribution is 7.72. The van der Waals surface area contributed by atoms with Crippen molar-refractivity contribution in [3.05, 3.63) is 0 Å². The predicted molar refractivity (Wildman–Crippen MR) is 32.3 cm³/mol. The van der Waals surface area contributed by atoms with Crippen LogP contribution < -0.4 is 0 Å². The molecule has 1 radical (unpaired) electrons. The Morgan fingerprint density at radius 1 is 1.33 bits per heavy atom. The van der Waals surface area contributed by atoms with Crippen LogP contribution in [0, 0.1) is 0 Å². The highest BCUT2D eigenvalue weighted by Gasteiger charge is 2.08. The Morgan fingerprint density at radius 2 is 1.50 bits per heavy atom. The molecule has 1 nitrogen and oxygen atoms in total. The van der Waals surface area contributed by atoms with Crippen molar-refractivity contribution in [2.24, 2.45) is 0 Å². The summed E-state index contributed by atoms with van der Waals surface area (Å²) in [4.78, 5) is 0. The van der Waals surface area contributed by atoms with Crippen molar-refractivity contribution in [3.8, 4) is 0 Å². The standard InChI is InChI=1S/C3H10OPSi/c1-6(2,3)5-4/h5H,1-3H3. The first kappa shape index (κ1) is 6.32. The first-order valence-electron chi connectivity index (χ1n) is 1.95. The smallest absolute Gasteiger partial charge is 0.138 e. The molecule has 0 saturated heterocycles. The lowest BCUT2D eigenvalue weighted by atomic mass is 11.8. The van der Waals surface area contributed by atoms with Crippen LogP contribution in [-0.4, -0.2) is 7.74 Å². The fraction of sp³-hybridized carbons (Fsp3) is 1.00. The van der Waals surface area contributed by atoms with Crippen molar-refractivity contribution < 1.29 is 4.57 Å². The second kappa shape index (κ2) is 1.85. The van der Waals surface area contributed by atoms with Crippen LogP contribution in [0.25, 0.3) is 0 Å². The number of hydrogen-bond acceptors (Lipinski definition) is 1. The third kappa shape index (κ3) is 4.32. The quantitative estimate of drug-likeness (QED) is 0.382. The van der Waals surface area contributed by atoms with Crippen molar-refractivity contribution in [3.63, 3.8) is 0 Å². The lowest BCUT2D eigenvalue weighted by Crippen LogP contribution is -2.07. The van der Waals surface area contributed by atoms with Gasteiger partial charge in [0.15, 0.2) is 0 Å². The average Bonchev–Trinajstić information content (AvgIpc) is 1.35. The predicted octanol–water partition coefficient (Wildman–Crippen LogP) is 1.85. The van der Waals surface area contributed by atoms with E-state index in [1.807, 2.05) is 0 Å². The number of hydrogen-bond donors (Lipinski definition) is 0. The Balaban J connectivity index is 3.45. The summed E-state index contributed by atoms with van der Waals surface area (Å²) < 4.78 is 10.0. The molecule has 0 aromatic heterocycles. The zero-order valence-corrected chi connectivity index (χ0v) is 6.41. The van der Waals surface area contributed by atoms with Crippen molar-refractivity contribution in [2.75, 3.05) is 0 Å². The molecular formula is C3H10OPSi. The zero-order chi connectivity index (χ0) is 5.21. The van der Waals surface area contributed by atoms with E-state index in [0.717, 1.165) is 0 Å². The van der Waals surface area contributed by atoms with E-state index < -0.39 is 7.74 Å². The molecule has 0 rings (SSSR count). The molecule has 1 unspecified atom stereocenters. The summed E-state index contributed by atoms with van der Waals surface area (Å²) in [5.41, 5.74) is 0. The molecule has 0 saturated carbocycles. The van der Waals surface area contributed by atoms with Crippen molar-refractivity contribution in [1.82, 2.24) is 0 Å². The molecule has 6 heavy (non-hydrogen) atoms. The van der Waals surface area contributed by atoms with Crippen LogP contribution in [-0.2, 0) is 4.57 Å². The topological polar surface area (TPSA) is 17.1 Å². The van der Waals surface area contributed by atoms with Crippen LogP contribution in [0.5, 0.6) is 0 Å². The third-order valence-electron chi connectivity index (χ3n) is 0.306. The van der Waals surface area contributed by atoms with Gasteiger partial charge in [-0.2, -0.15) is 0 Å². The van der Waals surface area contributed by atoms with Gasteiger partial charge in [-0.25, -0.2) is 0 Å². The Bertz CT molecular complexity index is 56.3. The molecule has 0 bridgehead atoms. The van der Waals surface area contributed by atoms with Crippen molar-refractivity contribution >= 4 is 15.7 Å². The molecule has 0 aliphatic carbocycles. The Morgan fingerprint density at radius 3 is 1.50 bits per heavy atom. The minimum atomic E-state index is -1.16. The van der Waals surface area contributed by atoms with E-state index in [1.165, 1.54) is 0 Å². The van der Waals surface area contributed by atoms with Gasteiger partial charge in [0.1, 0.15) is 7.74 Å². The van der Waals surface area contributed by atoms with Gasteiger partial charge in [-0.1, -0.05) is 19.6 Å². The van der Waals surface area contributed by atoms with Gasteiger partial charge in [0, 0.05) is 8.01 Å². The van der Waals surface area contributed by atoms with Crippen molar-refractivity contribution in [2.45, 2.75) is 19.6 Å². The summed E-state index contributed by atoms with van der Waals surface area (Å²) in [6.45, 7) is 6.25. The molecule has 0 N–H and O–H groups in total. The van der Waals surface area contributed by atoms with E-state index in [9.17, 15) is 4.57 Å². The van der Waals surface area contributed by atoms with E-state index in [-0.39, 0.29) is 8.01 Å². The van der Waals surface area contributed by atoms with Crippen LogP contribution in [0.2, 0.25) is 19.6 Å². The van der Waals surface area contributed by atoms with Gasteiger partial charge in [-0.3, -0.25) is 4.57 Å². The highest BCUT2D eigenvalue weighted by Crippen LogP contribution is 2.14. The molecule has 1 atom stereocenters. The molecule has 0 spiro atoms.